The van der Waals surface area contributed by atoms with E-state index in [-0.39, 0.29) is 6.04 Å². The van der Waals surface area contributed by atoms with Gasteiger partial charge in [0.05, 0.1) is 39.9 Å². The Balaban J connectivity index is 2.33. The number of methoxy groups -OCH3 is 1. The predicted octanol–water partition coefficient (Wildman–Crippen LogP) is 4.10. The smallest absolute Gasteiger partial charge is 0.0837 e. The summed E-state index contributed by atoms with van der Waals surface area (Å²) < 4.78 is 8.18. The minimum atomic E-state index is 0.0411. The third-order valence-electron chi connectivity index (χ3n) is 3.13. The molecule has 0 saturated carbocycles. The van der Waals surface area contributed by atoms with Gasteiger partial charge in [-0.2, -0.15) is 5.10 Å². The normalized spacial score (nSPS) is 12.8. The summed E-state index contributed by atoms with van der Waals surface area (Å²) >= 11 is 11.6. The maximum Gasteiger partial charge on any atom is 0.0837 e. The van der Waals surface area contributed by atoms with Gasteiger partial charge in [-0.05, 0) is 45.9 Å². The zero-order valence-corrected chi connectivity index (χ0v) is 15.3. The molecule has 1 atom stereocenters. The van der Waals surface area contributed by atoms with E-state index in [4.69, 9.17) is 16.3 Å². The SMILES string of the molecule is CCCNC(c1csc(Br)c1)c1c(Cl)cnn1CCOC. The molecule has 0 aliphatic heterocycles. The van der Waals surface area contributed by atoms with Crippen molar-refractivity contribution >= 4 is 38.9 Å². The first-order chi connectivity index (χ1) is 10.2. The number of nitrogens with zero attached hydrogens (tertiary/aromatic N) is 2. The van der Waals surface area contributed by atoms with Gasteiger partial charge < -0.3 is 10.1 Å². The van der Waals surface area contributed by atoms with Crippen LogP contribution in [0.5, 0.6) is 0 Å². The van der Waals surface area contributed by atoms with Crippen molar-refractivity contribution in [2.45, 2.75) is 25.9 Å². The van der Waals surface area contributed by atoms with Gasteiger partial charge in [0.2, 0.25) is 0 Å². The molecule has 116 valence electrons. The van der Waals surface area contributed by atoms with E-state index < -0.39 is 0 Å². The summed E-state index contributed by atoms with van der Waals surface area (Å²) in [5.74, 6) is 0. The predicted molar refractivity (Wildman–Crippen MR) is 91.3 cm³/mol. The Morgan fingerprint density at radius 3 is 3.00 bits per heavy atom. The van der Waals surface area contributed by atoms with Crippen LogP contribution in [0.2, 0.25) is 5.02 Å². The highest BCUT2D eigenvalue weighted by Crippen LogP contribution is 2.32. The lowest BCUT2D eigenvalue weighted by Crippen LogP contribution is -2.26. The number of aromatic nitrogens is 2. The summed E-state index contributed by atoms with van der Waals surface area (Å²) in [5, 5.41) is 10.8. The van der Waals surface area contributed by atoms with E-state index in [9.17, 15) is 0 Å². The molecule has 2 heterocycles. The number of ether oxygens (including phenoxy) is 1. The van der Waals surface area contributed by atoms with E-state index in [2.05, 4.69) is 44.7 Å². The van der Waals surface area contributed by atoms with Gasteiger partial charge in [0, 0.05) is 7.11 Å². The summed E-state index contributed by atoms with van der Waals surface area (Å²) in [6, 6.07) is 2.17. The van der Waals surface area contributed by atoms with E-state index in [1.807, 2.05) is 4.68 Å². The van der Waals surface area contributed by atoms with Crippen molar-refractivity contribution in [1.29, 1.82) is 0 Å². The number of nitrogens with one attached hydrogen (secondary N) is 1. The molecule has 2 aromatic rings. The Bertz CT molecular complexity index is 572. The maximum atomic E-state index is 6.38. The van der Waals surface area contributed by atoms with Crippen molar-refractivity contribution < 1.29 is 4.74 Å². The molecule has 7 heteroatoms. The monoisotopic (exact) mass is 391 g/mol. The van der Waals surface area contributed by atoms with Gasteiger partial charge in [-0.25, -0.2) is 0 Å². The van der Waals surface area contributed by atoms with Crippen LogP contribution in [0.15, 0.2) is 21.4 Å². The lowest BCUT2D eigenvalue weighted by molar-refractivity contribution is 0.182. The molecule has 0 fully saturated rings. The van der Waals surface area contributed by atoms with Crippen molar-refractivity contribution in [1.82, 2.24) is 15.1 Å². The van der Waals surface area contributed by atoms with Crippen molar-refractivity contribution in [3.63, 3.8) is 0 Å². The Morgan fingerprint density at radius 2 is 2.38 bits per heavy atom. The number of hydrogen-bond donors (Lipinski definition) is 1. The van der Waals surface area contributed by atoms with Crippen molar-refractivity contribution in [3.05, 3.63) is 37.7 Å². The first-order valence-electron chi connectivity index (χ1n) is 6.84. The Morgan fingerprint density at radius 1 is 1.57 bits per heavy atom. The first kappa shape index (κ1) is 17.0. The standard InChI is InChI=1S/C14H19BrClN3OS/c1-3-4-17-13(10-7-12(15)21-9-10)14-11(16)8-18-19(14)5-6-20-2/h7-9,13,17H,3-6H2,1-2H3. The molecule has 0 radical (unpaired) electrons. The fourth-order valence-corrected chi connectivity index (χ4v) is 3.60. The summed E-state index contributed by atoms with van der Waals surface area (Å²) in [7, 11) is 1.69. The second kappa shape index (κ2) is 8.29. The number of hydrogen-bond acceptors (Lipinski definition) is 4. The van der Waals surface area contributed by atoms with Crippen LogP contribution in [-0.2, 0) is 11.3 Å². The van der Waals surface area contributed by atoms with E-state index >= 15 is 0 Å². The Hall–Kier alpha value is -0.400. The molecule has 0 spiro atoms. The van der Waals surface area contributed by atoms with Crippen LogP contribution >= 0.6 is 38.9 Å². The van der Waals surface area contributed by atoms with Crippen molar-refractivity contribution in [2.24, 2.45) is 0 Å². The molecule has 0 aliphatic carbocycles. The van der Waals surface area contributed by atoms with Gasteiger partial charge in [0.15, 0.2) is 0 Å². The second-order valence-corrected chi connectivity index (χ2v) is 7.36. The topological polar surface area (TPSA) is 39.1 Å². The summed E-state index contributed by atoms with van der Waals surface area (Å²) in [4.78, 5) is 0. The molecule has 0 aliphatic rings. The fraction of sp³-hybridized carbons (Fsp3) is 0.500. The molecule has 2 rings (SSSR count). The molecule has 21 heavy (non-hydrogen) atoms. The molecule has 0 amide bonds. The summed E-state index contributed by atoms with van der Waals surface area (Å²) in [6.07, 6.45) is 2.76. The van der Waals surface area contributed by atoms with Crippen LogP contribution in [0.1, 0.15) is 30.6 Å². The fourth-order valence-electron chi connectivity index (χ4n) is 2.15. The van der Waals surface area contributed by atoms with Gasteiger partial charge >= 0.3 is 0 Å². The van der Waals surface area contributed by atoms with E-state index in [0.29, 0.717) is 18.2 Å². The molecule has 1 unspecified atom stereocenters. The zero-order chi connectivity index (χ0) is 15.2. The number of halogens is 2. The number of thiophene rings is 1. The van der Waals surface area contributed by atoms with Gasteiger partial charge in [-0.15, -0.1) is 11.3 Å². The maximum absolute atomic E-state index is 6.38. The van der Waals surface area contributed by atoms with Crippen LogP contribution in [-0.4, -0.2) is 30.0 Å². The van der Waals surface area contributed by atoms with Crippen LogP contribution < -0.4 is 5.32 Å². The molecular formula is C14H19BrClN3OS. The van der Waals surface area contributed by atoms with E-state index in [0.717, 1.165) is 22.4 Å². The molecule has 0 aromatic carbocycles. The average Bonchev–Trinajstić information content (AvgIpc) is 3.05. The van der Waals surface area contributed by atoms with Crippen LogP contribution in [0.3, 0.4) is 0 Å². The van der Waals surface area contributed by atoms with E-state index in [1.165, 1.54) is 5.56 Å². The molecule has 4 nitrogen and oxygen atoms in total. The van der Waals surface area contributed by atoms with Crippen LogP contribution in [0.25, 0.3) is 0 Å². The Kier molecular flexibility index (Phi) is 6.70. The molecule has 0 bridgehead atoms. The highest BCUT2D eigenvalue weighted by molar-refractivity contribution is 9.11. The molecule has 0 saturated heterocycles. The minimum Gasteiger partial charge on any atom is -0.383 e. The summed E-state index contributed by atoms with van der Waals surface area (Å²) in [5.41, 5.74) is 2.19. The molecule has 1 N–H and O–H groups in total. The molecule has 2 aromatic heterocycles. The van der Waals surface area contributed by atoms with E-state index in [1.54, 1.807) is 24.6 Å². The minimum absolute atomic E-state index is 0.0411. The van der Waals surface area contributed by atoms with Crippen molar-refractivity contribution in [3.8, 4) is 0 Å². The largest absolute Gasteiger partial charge is 0.383 e. The first-order valence-corrected chi connectivity index (χ1v) is 8.89. The van der Waals surface area contributed by atoms with Gasteiger partial charge in [-0.1, -0.05) is 18.5 Å². The zero-order valence-electron chi connectivity index (χ0n) is 12.1. The average molecular weight is 393 g/mol. The highest BCUT2D eigenvalue weighted by atomic mass is 79.9. The lowest BCUT2D eigenvalue weighted by atomic mass is 10.1. The van der Waals surface area contributed by atoms with Gasteiger partial charge in [-0.3, -0.25) is 4.68 Å². The lowest BCUT2D eigenvalue weighted by Gasteiger charge is -2.20. The quantitative estimate of drug-likeness (QED) is 0.735. The molecular weight excluding hydrogens is 374 g/mol. The third kappa shape index (κ3) is 4.29. The Labute approximate surface area is 142 Å². The highest BCUT2D eigenvalue weighted by Gasteiger charge is 2.22. The van der Waals surface area contributed by atoms with Gasteiger partial charge in [0.1, 0.15) is 0 Å². The van der Waals surface area contributed by atoms with Crippen molar-refractivity contribution in [2.75, 3.05) is 20.3 Å². The third-order valence-corrected chi connectivity index (χ3v) is 4.95. The summed E-state index contributed by atoms with van der Waals surface area (Å²) in [6.45, 7) is 4.37. The van der Waals surface area contributed by atoms with Crippen LogP contribution in [0, 0.1) is 0 Å². The van der Waals surface area contributed by atoms with Gasteiger partial charge in [0.25, 0.3) is 0 Å². The van der Waals surface area contributed by atoms with Crippen LogP contribution in [0.4, 0.5) is 0 Å². The number of rotatable bonds is 8. The second-order valence-electron chi connectivity index (χ2n) is 4.66.